The maximum Gasteiger partial charge on any atom is 0.471 e. The van der Waals surface area contributed by atoms with Crippen LogP contribution in [0.25, 0.3) is 0 Å². The number of carbonyl (C=O) groups is 4. The highest BCUT2D eigenvalue weighted by atomic mass is 19.4. The molecule has 13 heteroatoms. The predicted molar refractivity (Wildman–Crippen MR) is 131 cm³/mol. The van der Waals surface area contributed by atoms with Gasteiger partial charge in [0.25, 0.3) is 0 Å². The largest absolute Gasteiger partial charge is 0.471 e. The maximum absolute atomic E-state index is 13.6. The Labute approximate surface area is 223 Å². The molecule has 1 aromatic rings. The Hall–Kier alpha value is -3.69. The first kappa shape index (κ1) is 28.3. The molecule has 4 amide bonds. The average Bonchev–Trinajstić information content (AvgIpc) is 3.15. The molecule has 6 atom stereocenters. The third-order valence-electron chi connectivity index (χ3n) is 8.12. The Balaban J connectivity index is 1.54. The number of fused-ring (bicyclic) bond motifs is 2. The SMILES string of the molecule is CC(C)(C)C(NC(=O)C(F)(F)F)C(=O)N1CC2C(C1C(=O)NC(C#N)CC1C(=O)Nc3ncccc31)C2(C)C. The van der Waals surface area contributed by atoms with Gasteiger partial charge in [0.1, 0.15) is 23.9 Å². The molecule has 0 spiro atoms. The zero-order valence-corrected chi connectivity index (χ0v) is 22.2. The number of halogens is 3. The van der Waals surface area contributed by atoms with Crippen molar-refractivity contribution in [2.45, 2.75) is 71.3 Å². The fraction of sp³-hybridized carbons (Fsp3) is 0.615. The van der Waals surface area contributed by atoms with Crippen molar-refractivity contribution >= 4 is 29.4 Å². The lowest BCUT2D eigenvalue weighted by Gasteiger charge is -2.37. The molecule has 0 bridgehead atoms. The topological polar surface area (TPSA) is 144 Å². The molecule has 3 aliphatic rings. The molecule has 1 saturated heterocycles. The minimum Gasteiger partial charge on any atom is -0.339 e. The standard InChI is InChI=1S/C26H31F3N6O4/c1-24(2,3)18(33-23(39)26(27,28)29)22(38)35-11-15-16(25(15,4)5)17(35)21(37)32-12(10-30)9-14-13-7-6-8-31-19(13)34-20(14)36/h6-8,12,14-18H,9,11H2,1-5H3,(H,32,37)(H,33,39)(H,31,34,36). The van der Waals surface area contributed by atoms with Crippen molar-refractivity contribution in [3.05, 3.63) is 23.9 Å². The summed E-state index contributed by atoms with van der Waals surface area (Å²) in [5.74, 6) is -4.70. The fourth-order valence-electron chi connectivity index (χ4n) is 5.86. The van der Waals surface area contributed by atoms with Gasteiger partial charge in [-0.2, -0.15) is 18.4 Å². The Kier molecular flexibility index (Phi) is 6.90. The van der Waals surface area contributed by atoms with Crippen molar-refractivity contribution in [1.29, 1.82) is 5.26 Å². The molecule has 1 aliphatic carbocycles. The van der Waals surface area contributed by atoms with Crippen LogP contribution in [0.1, 0.15) is 52.5 Å². The number of likely N-dealkylation sites (tertiary alicyclic amines) is 1. The number of nitrogens with one attached hydrogen (secondary N) is 3. The smallest absolute Gasteiger partial charge is 0.339 e. The summed E-state index contributed by atoms with van der Waals surface area (Å²) in [4.78, 5) is 56.7. The highest BCUT2D eigenvalue weighted by Gasteiger charge is 2.70. The summed E-state index contributed by atoms with van der Waals surface area (Å²) in [5, 5.41) is 16.9. The molecule has 2 aliphatic heterocycles. The first-order valence-electron chi connectivity index (χ1n) is 12.6. The van der Waals surface area contributed by atoms with Gasteiger partial charge in [0.2, 0.25) is 17.7 Å². The number of rotatable bonds is 6. The van der Waals surface area contributed by atoms with Crippen LogP contribution >= 0.6 is 0 Å². The molecule has 210 valence electrons. The van der Waals surface area contributed by atoms with E-state index in [-0.39, 0.29) is 36.1 Å². The molecule has 10 nitrogen and oxygen atoms in total. The van der Waals surface area contributed by atoms with Crippen molar-refractivity contribution in [3.63, 3.8) is 0 Å². The minimum absolute atomic E-state index is 0.0306. The molecule has 1 aromatic heterocycles. The first-order valence-corrected chi connectivity index (χ1v) is 12.6. The van der Waals surface area contributed by atoms with Gasteiger partial charge in [-0.25, -0.2) is 4.98 Å². The van der Waals surface area contributed by atoms with E-state index in [0.29, 0.717) is 11.4 Å². The highest BCUT2D eigenvalue weighted by molar-refractivity contribution is 6.02. The summed E-state index contributed by atoms with van der Waals surface area (Å²) in [6.45, 7) is 8.56. The van der Waals surface area contributed by atoms with Gasteiger partial charge >= 0.3 is 12.1 Å². The summed E-state index contributed by atoms with van der Waals surface area (Å²) < 4.78 is 39.1. The van der Waals surface area contributed by atoms with E-state index in [2.05, 4.69) is 15.6 Å². The third kappa shape index (κ3) is 5.16. The van der Waals surface area contributed by atoms with Crippen molar-refractivity contribution in [1.82, 2.24) is 20.5 Å². The Morgan fingerprint density at radius 1 is 1.26 bits per heavy atom. The molecule has 3 heterocycles. The van der Waals surface area contributed by atoms with E-state index in [1.165, 1.54) is 31.9 Å². The van der Waals surface area contributed by atoms with Crippen LogP contribution in [0, 0.1) is 34.0 Å². The number of alkyl halides is 3. The van der Waals surface area contributed by atoms with E-state index in [0.717, 1.165) is 0 Å². The van der Waals surface area contributed by atoms with Crippen LogP contribution < -0.4 is 16.0 Å². The number of nitriles is 1. The molecule has 0 aromatic carbocycles. The van der Waals surface area contributed by atoms with Gasteiger partial charge in [-0.05, 0) is 35.2 Å². The third-order valence-corrected chi connectivity index (χ3v) is 8.12. The van der Waals surface area contributed by atoms with Gasteiger partial charge in [-0.15, -0.1) is 0 Å². The number of carbonyl (C=O) groups excluding carboxylic acids is 4. The number of aromatic nitrogens is 1. The number of nitrogens with zero attached hydrogens (tertiary/aromatic N) is 3. The zero-order valence-electron chi connectivity index (χ0n) is 22.2. The average molecular weight is 549 g/mol. The van der Waals surface area contributed by atoms with Crippen LogP contribution in [-0.4, -0.2) is 64.4 Å². The van der Waals surface area contributed by atoms with Crippen molar-refractivity contribution in [2.24, 2.45) is 22.7 Å². The molecule has 1 saturated carbocycles. The summed E-state index contributed by atoms with van der Waals surface area (Å²) in [5.41, 5.74) is -0.789. The lowest BCUT2D eigenvalue weighted by Crippen LogP contribution is -2.61. The van der Waals surface area contributed by atoms with Crippen LogP contribution in [0.15, 0.2) is 18.3 Å². The number of hydrogen-bond acceptors (Lipinski definition) is 6. The number of anilines is 1. The second-order valence-electron chi connectivity index (χ2n) is 12.1. The molecular weight excluding hydrogens is 517 g/mol. The van der Waals surface area contributed by atoms with Gasteiger partial charge < -0.3 is 20.9 Å². The van der Waals surface area contributed by atoms with Gasteiger partial charge in [0.15, 0.2) is 0 Å². The highest BCUT2D eigenvalue weighted by Crippen LogP contribution is 2.65. The van der Waals surface area contributed by atoms with E-state index < -0.39 is 53.4 Å². The van der Waals surface area contributed by atoms with Crippen LogP contribution in [0.3, 0.4) is 0 Å². The van der Waals surface area contributed by atoms with Crippen molar-refractivity contribution in [3.8, 4) is 6.07 Å². The van der Waals surface area contributed by atoms with Crippen molar-refractivity contribution in [2.75, 3.05) is 11.9 Å². The van der Waals surface area contributed by atoms with Crippen LogP contribution in [-0.2, 0) is 19.2 Å². The second-order valence-corrected chi connectivity index (χ2v) is 12.1. The Morgan fingerprint density at radius 3 is 2.51 bits per heavy atom. The maximum atomic E-state index is 13.6. The molecule has 4 rings (SSSR count). The minimum atomic E-state index is -5.18. The fourth-order valence-corrected chi connectivity index (χ4v) is 5.86. The van der Waals surface area contributed by atoms with Gasteiger partial charge in [0.05, 0.1) is 12.0 Å². The van der Waals surface area contributed by atoms with E-state index in [4.69, 9.17) is 0 Å². The molecule has 0 radical (unpaired) electrons. The number of pyridine rings is 1. The van der Waals surface area contributed by atoms with Gasteiger partial charge in [-0.1, -0.05) is 40.7 Å². The zero-order chi connectivity index (χ0) is 29.1. The van der Waals surface area contributed by atoms with E-state index in [9.17, 15) is 37.6 Å². The monoisotopic (exact) mass is 548 g/mol. The lowest BCUT2D eigenvalue weighted by molar-refractivity contribution is -0.176. The summed E-state index contributed by atoms with van der Waals surface area (Å²) >= 11 is 0. The second kappa shape index (κ2) is 9.50. The number of piperidine rings is 1. The normalized spacial score (nSPS) is 26.4. The molecule has 39 heavy (non-hydrogen) atoms. The molecule has 2 fully saturated rings. The van der Waals surface area contributed by atoms with Crippen LogP contribution in [0.2, 0.25) is 0 Å². The summed E-state index contributed by atoms with van der Waals surface area (Å²) in [6, 6.07) is 1.69. The summed E-state index contributed by atoms with van der Waals surface area (Å²) in [7, 11) is 0. The molecular formula is C26H31F3N6O4. The number of hydrogen-bond donors (Lipinski definition) is 3. The number of amides is 4. The van der Waals surface area contributed by atoms with E-state index in [1.54, 1.807) is 12.1 Å². The van der Waals surface area contributed by atoms with Crippen molar-refractivity contribution < 1.29 is 32.3 Å². The Morgan fingerprint density at radius 2 is 1.92 bits per heavy atom. The summed E-state index contributed by atoms with van der Waals surface area (Å²) in [6.07, 6.45) is -3.69. The van der Waals surface area contributed by atoms with Crippen LogP contribution in [0.4, 0.5) is 19.0 Å². The van der Waals surface area contributed by atoms with Gasteiger partial charge in [0, 0.05) is 18.3 Å². The quantitative estimate of drug-likeness (QED) is 0.497. The van der Waals surface area contributed by atoms with E-state index >= 15 is 0 Å². The van der Waals surface area contributed by atoms with E-state index in [1.807, 2.05) is 25.2 Å². The Bertz CT molecular complexity index is 1250. The predicted octanol–water partition coefficient (Wildman–Crippen LogP) is 2.09. The van der Waals surface area contributed by atoms with Crippen LogP contribution in [0.5, 0.6) is 0 Å². The molecule has 3 N–H and O–H groups in total. The first-order chi connectivity index (χ1) is 18.0. The van der Waals surface area contributed by atoms with Gasteiger partial charge in [-0.3, -0.25) is 19.2 Å². The lowest BCUT2D eigenvalue weighted by atomic mass is 9.85. The molecule has 6 unspecified atom stereocenters.